The summed E-state index contributed by atoms with van der Waals surface area (Å²) in [5, 5.41) is 0. The first-order valence-electron chi connectivity index (χ1n) is 5.69. The SMILES string of the molecule is C[CH-]CCCCCCCCCC.[Cl-].[Mg+2]. The normalized spacial score (nSPS) is 9.00. The molecule has 0 aromatic carbocycles. The maximum absolute atomic E-state index is 2.27. The van der Waals surface area contributed by atoms with Crippen molar-refractivity contribution in [3.8, 4) is 0 Å². The third-order valence-corrected chi connectivity index (χ3v) is 2.35. The Hall–Kier alpha value is 1.06. The van der Waals surface area contributed by atoms with Gasteiger partial charge in [0.25, 0.3) is 0 Å². The minimum Gasteiger partial charge on any atom is -1.00 e. The van der Waals surface area contributed by atoms with E-state index in [2.05, 4.69) is 20.3 Å². The maximum Gasteiger partial charge on any atom is 2.00 e. The van der Waals surface area contributed by atoms with Gasteiger partial charge in [-0.1, -0.05) is 58.3 Å². The summed E-state index contributed by atoms with van der Waals surface area (Å²) in [7, 11) is 0. The van der Waals surface area contributed by atoms with Crippen LogP contribution in [0.4, 0.5) is 0 Å². The van der Waals surface area contributed by atoms with Gasteiger partial charge in [0.05, 0.1) is 0 Å². The van der Waals surface area contributed by atoms with Gasteiger partial charge in [0.1, 0.15) is 0 Å². The molecule has 0 aromatic rings. The van der Waals surface area contributed by atoms with Gasteiger partial charge in [-0.05, 0) is 0 Å². The molecule has 0 aliphatic carbocycles. The Balaban J connectivity index is -0.000000605. The van der Waals surface area contributed by atoms with Gasteiger partial charge in [-0.25, -0.2) is 0 Å². The van der Waals surface area contributed by atoms with Gasteiger partial charge in [-0.2, -0.15) is 13.3 Å². The summed E-state index contributed by atoms with van der Waals surface area (Å²) in [6.07, 6.45) is 15.1. The maximum atomic E-state index is 2.27. The Kier molecular flexibility index (Phi) is 28.7. The Morgan fingerprint density at radius 2 is 1.21 bits per heavy atom. The molecule has 0 amide bonds. The predicted molar refractivity (Wildman–Crippen MR) is 63.0 cm³/mol. The molecule has 0 N–H and O–H groups in total. The molecule has 82 valence electrons. The third-order valence-electron chi connectivity index (χ3n) is 2.35. The van der Waals surface area contributed by atoms with Crippen LogP contribution in [0, 0.1) is 6.42 Å². The Labute approximate surface area is 113 Å². The van der Waals surface area contributed by atoms with Crippen molar-refractivity contribution in [1.29, 1.82) is 0 Å². The summed E-state index contributed by atoms with van der Waals surface area (Å²) in [6.45, 7) is 4.43. The predicted octanol–water partition coefficient (Wildman–Crippen LogP) is 1.36. The van der Waals surface area contributed by atoms with Gasteiger partial charge in [-0.15, -0.1) is 0 Å². The van der Waals surface area contributed by atoms with Crippen molar-refractivity contribution in [3.05, 3.63) is 6.42 Å². The smallest absolute Gasteiger partial charge is 1.00 e. The quantitative estimate of drug-likeness (QED) is 0.318. The zero-order valence-corrected chi connectivity index (χ0v) is 12.2. The molecule has 0 saturated heterocycles. The molecule has 0 heterocycles. The minimum atomic E-state index is 0. The molecule has 0 aliphatic rings. The van der Waals surface area contributed by atoms with E-state index >= 15 is 0 Å². The van der Waals surface area contributed by atoms with Crippen molar-refractivity contribution >= 4 is 23.1 Å². The van der Waals surface area contributed by atoms with Crippen LogP contribution < -0.4 is 12.4 Å². The monoisotopic (exact) mass is 228 g/mol. The number of rotatable bonds is 9. The van der Waals surface area contributed by atoms with Crippen LogP contribution in [0.1, 0.15) is 71.6 Å². The first-order valence-corrected chi connectivity index (χ1v) is 5.69. The fourth-order valence-corrected chi connectivity index (χ4v) is 1.48. The number of halogens is 1. The summed E-state index contributed by atoms with van der Waals surface area (Å²) < 4.78 is 0. The van der Waals surface area contributed by atoms with E-state index in [-0.39, 0.29) is 35.5 Å². The second-order valence-electron chi connectivity index (χ2n) is 3.67. The van der Waals surface area contributed by atoms with Crippen LogP contribution in [0.5, 0.6) is 0 Å². The van der Waals surface area contributed by atoms with Crippen LogP contribution in [0.25, 0.3) is 0 Å². The van der Waals surface area contributed by atoms with Crippen LogP contribution in [-0.2, 0) is 0 Å². The average molecular weight is 229 g/mol. The van der Waals surface area contributed by atoms with E-state index in [1.165, 1.54) is 57.8 Å². The largest absolute Gasteiger partial charge is 2.00 e. The van der Waals surface area contributed by atoms with E-state index in [1.54, 1.807) is 0 Å². The van der Waals surface area contributed by atoms with Crippen molar-refractivity contribution in [2.75, 3.05) is 0 Å². The van der Waals surface area contributed by atoms with Crippen molar-refractivity contribution < 1.29 is 12.4 Å². The molecular formula is C12H25ClMg. The fraction of sp³-hybridized carbons (Fsp3) is 0.917. The Bertz CT molecular complexity index is 66.7. The van der Waals surface area contributed by atoms with Gasteiger partial charge in [0, 0.05) is 0 Å². The van der Waals surface area contributed by atoms with Crippen LogP contribution in [0.2, 0.25) is 0 Å². The number of hydrogen-bond donors (Lipinski definition) is 0. The fourth-order valence-electron chi connectivity index (χ4n) is 1.48. The molecule has 0 spiro atoms. The van der Waals surface area contributed by atoms with Gasteiger partial charge in [-0.3, -0.25) is 0 Å². The Morgan fingerprint density at radius 1 is 0.786 bits per heavy atom. The van der Waals surface area contributed by atoms with Gasteiger partial charge in [0.2, 0.25) is 0 Å². The summed E-state index contributed by atoms with van der Waals surface area (Å²) in [6, 6.07) is 0. The second-order valence-corrected chi connectivity index (χ2v) is 3.67. The van der Waals surface area contributed by atoms with E-state index in [1.807, 2.05) is 0 Å². The van der Waals surface area contributed by atoms with E-state index in [0.29, 0.717) is 0 Å². The van der Waals surface area contributed by atoms with Crippen molar-refractivity contribution in [1.82, 2.24) is 0 Å². The van der Waals surface area contributed by atoms with E-state index in [9.17, 15) is 0 Å². The molecule has 0 saturated carbocycles. The molecule has 0 nitrogen and oxygen atoms in total. The molecule has 2 heteroatoms. The molecule has 0 aromatic heterocycles. The average Bonchev–Trinajstić information content (AvgIpc) is 2.10. The van der Waals surface area contributed by atoms with Gasteiger partial charge < -0.3 is 18.8 Å². The van der Waals surface area contributed by atoms with Gasteiger partial charge >= 0.3 is 23.1 Å². The summed E-state index contributed by atoms with van der Waals surface area (Å²) in [5.41, 5.74) is 0. The molecule has 0 rings (SSSR count). The topological polar surface area (TPSA) is 0 Å². The molecular weight excluding hydrogens is 204 g/mol. The zero-order chi connectivity index (χ0) is 9.07. The number of unbranched alkanes of at least 4 members (excludes halogenated alkanes) is 9. The van der Waals surface area contributed by atoms with E-state index in [0.717, 1.165) is 0 Å². The summed E-state index contributed by atoms with van der Waals surface area (Å²) in [5.74, 6) is 0. The van der Waals surface area contributed by atoms with E-state index in [4.69, 9.17) is 0 Å². The minimum absolute atomic E-state index is 0. The number of hydrogen-bond acceptors (Lipinski definition) is 0. The van der Waals surface area contributed by atoms with Crippen molar-refractivity contribution in [3.63, 3.8) is 0 Å². The van der Waals surface area contributed by atoms with E-state index < -0.39 is 0 Å². The Morgan fingerprint density at radius 3 is 1.64 bits per heavy atom. The first kappa shape index (κ1) is 20.5. The van der Waals surface area contributed by atoms with Crippen molar-refractivity contribution in [2.45, 2.75) is 71.6 Å². The van der Waals surface area contributed by atoms with Gasteiger partial charge in [0.15, 0.2) is 0 Å². The van der Waals surface area contributed by atoms with Crippen LogP contribution in [0.15, 0.2) is 0 Å². The summed E-state index contributed by atoms with van der Waals surface area (Å²) >= 11 is 0. The zero-order valence-electron chi connectivity index (χ0n) is 10.0. The second kappa shape index (κ2) is 19.6. The third kappa shape index (κ3) is 18.8. The molecule has 0 bridgehead atoms. The molecule has 0 radical (unpaired) electrons. The molecule has 0 unspecified atom stereocenters. The molecule has 14 heavy (non-hydrogen) atoms. The molecule has 0 atom stereocenters. The van der Waals surface area contributed by atoms with Crippen LogP contribution >= 0.6 is 0 Å². The summed E-state index contributed by atoms with van der Waals surface area (Å²) in [4.78, 5) is 0. The first-order chi connectivity index (χ1) is 5.91. The molecule has 0 fully saturated rings. The standard InChI is InChI=1S/C12H25.ClH.Mg/c1-3-5-7-9-11-12-10-8-6-4-2;;/h3H,4-12H2,1-2H3;1H;/q-1;;+2/p-1. The van der Waals surface area contributed by atoms with Crippen LogP contribution in [-0.4, -0.2) is 23.1 Å². The molecule has 0 aliphatic heterocycles. The van der Waals surface area contributed by atoms with Crippen LogP contribution in [0.3, 0.4) is 0 Å². The van der Waals surface area contributed by atoms with Crippen molar-refractivity contribution in [2.24, 2.45) is 0 Å².